The third-order valence-electron chi connectivity index (χ3n) is 4.73. The van der Waals surface area contributed by atoms with Crippen molar-refractivity contribution < 1.29 is 9.59 Å². The monoisotopic (exact) mass is 301 g/mol. The third-order valence-corrected chi connectivity index (χ3v) is 4.73. The van der Waals surface area contributed by atoms with Gasteiger partial charge in [-0.3, -0.25) is 14.6 Å². The lowest BCUT2D eigenvalue weighted by atomic mass is 9.91. The van der Waals surface area contributed by atoms with Crippen molar-refractivity contribution in [2.75, 3.05) is 6.54 Å². The van der Waals surface area contributed by atoms with Crippen LogP contribution in [0.4, 0.5) is 0 Å². The average Bonchev–Trinajstić information content (AvgIpc) is 2.54. The van der Waals surface area contributed by atoms with Gasteiger partial charge in [0, 0.05) is 32.3 Å². The molecule has 1 atom stereocenters. The molecule has 3 rings (SSSR count). The molecule has 1 aromatic rings. The van der Waals surface area contributed by atoms with Crippen LogP contribution in [0.1, 0.15) is 56.2 Å². The van der Waals surface area contributed by atoms with Gasteiger partial charge in [-0.25, -0.2) is 0 Å². The maximum atomic E-state index is 12.7. The summed E-state index contributed by atoms with van der Waals surface area (Å²) >= 11 is 0. The molecule has 118 valence electrons. The number of aromatic nitrogens is 1. The highest BCUT2D eigenvalue weighted by Crippen LogP contribution is 2.27. The quantitative estimate of drug-likeness (QED) is 0.908. The molecule has 22 heavy (non-hydrogen) atoms. The normalized spacial score (nSPS) is 22.0. The van der Waals surface area contributed by atoms with Crippen LogP contribution >= 0.6 is 0 Å². The van der Waals surface area contributed by atoms with Crippen molar-refractivity contribution in [1.82, 2.24) is 15.2 Å². The standard InChI is InChI=1S/C17H23N3O2/c1-12(21)20-10-13-6-5-9-18-16(13)15(11-20)17(22)19-14-7-3-2-4-8-14/h5-6,9,14-15H,2-4,7-8,10-11H2,1H3,(H,19,22). The number of nitrogens with zero attached hydrogens (tertiary/aromatic N) is 2. The summed E-state index contributed by atoms with van der Waals surface area (Å²) < 4.78 is 0. The van der Waals surface area contributed by atoms with Gasteiger partial charge in [-0.2, -0.15) is 0 Å². The number of rotatable bonds is 2. The molecular formula is C17H23N3O2. The Balaban J connectivity index is 1.78. The predicted octanol–water partition coefficient (Wildman–Crippen LogP) is 1.98. The van der Waals surface area contributed by atoms with Crippen molar-refractivity contribution in [2.45, 2.75) is 57.5 Å². The molecule has 2 heterocycles. The highest BCUT2D eigenvalue weighted by molar-refractivity contribution is 5.85. The van der Waals surface area contributed by atoms with Crippen molar-refractivity contribution >= 4 is 11.8 Å². The van der Waals surface area contributed by atoms with E-state index in [1.165, 1.54) is 19.3 Å². The first-order chi connectivity index (χ1) is 10.6. The topological polar surface area (TPSA) is 62.3 Å². The van der Waals surface area contributed by atoms with Crippen molar-refractivity contribution in [3.8, 4) is 0 Å². The van der Waals surface area contributed by atoms with E-state index in [1.807, 2.05) is 12.1 Å². The number of hydrogen-bond acceptors (Lipinski definition) is 3. The summed E-state index contributed by atoms with van der Waals surface area (Å²) in [7, 11) is 0. The van der Waals surface area contributed by atoms with Crippen LogP contribution in [-0.2, 0) is 16.1 Å². The van der Waals surface area contributed by atoms with Crippen LogP contribution in [0, 0.1) is 0 Å². The van der Waals surface area contributed by atoms with Crippen LogP contribution in [-0.4, -0.2) is 34.3 Å². The van der Waals surface area contributed by atoms with E-state index in [9.17, 15) is 9.59 Å². The molecule has 1 fully saturated rings. The van der Waals surface area contributed by atoms with Gasteiger partial charge in [-0.05, 0) is 24.5 Å². The van der Waals surface area contributed by atoms with E-state index < -0.39 is 0 Å². The van der Waals surface area contributed by atoms with Crippen LogP contribution in [0.25, 0.3) is 0 Å². The fourth-order valence-electron chi connectivity index (χ4n) is 3.47. The van der Waals surface area contributed by atoms with Gasteiger partial charge < -0.3 is 10.2 Å². The molecule has 5 heteroatoms. The van der Waals surface area contributed by atoms with E-state index in [2.05, 4.69) is 10.3 Å². The van der Waals surface area contributed by atoms with E-state index in [-0.39, 0.29) is 23.8 Å². The van der Waals surface area contributed by atoms with Gasteiger partial charge in [0.05, 0.1) is 11.6 Å². The molecule has 1 saturated carbocycles. The smallest absolute Gasteiger partial charge is 0.231 e. The summed E-state index contributed by atoms with van der Waals surface area (Å²) in [5.41, 5.74) is 1.81. The average molecular weight is 301 g/mol. The van der Waals surface area contributed by atoms with Crippen molar-refractivity contribution in [1.29, 1.82) is 0 Å². The summed E-state index contributed by atoms with van der Waals surface area (Å²) in [6.45, 7) is 2.53. The first-order valence-electron chi connectivity index (χ1n) is 8.15. The minimum absolute atomic E-state index is 0.00460. The van der Waals surface area contributed by atoms with Gasteiger partial charge in [0.2, 0.25) is 11.8 Å². The molecule has 2 amide bonds. The zero-order valence-corrected chi connectivity index (χ0v) is 13.0. The van der Waals surface area contributed by atoms with E-state index in [0.717, 1.165) is 24.1 Å². The van der Waals surface area contributed by atoms with E-state index >= 15 is 0 Å². The van der Waals surface area contributed by atoms with Crippen molar-refractivity contribution in [3.05, 3.63) is 29.6 Å². The minimum atomic E-state index is -0.351. The maximum Gasteiger partial charge on any atom is 0.231 e. The van der Waals surface area contributed by atoms with Crippen LogP contribution in [0.15, 0.2) is 18.3 Å². The SMILES string of the molecule is CC(=O)N1Cc2cccnc2C(C(=O)NC2CCCCC2)C1. The second-order valence-corrected chi connectivity index (χ2v) is 6.34. The number of carbonyl (C=O) groups excluding carboxylic acids is 2. The fraction of sp³-hybridized carbons (Fsp3) is 0.588. The zero-order valence-electron chi connectivity index (χ0n) is 13.0. The zero-order chi connectivity index (χ0) is 15.5. The summed E-state index contributed by atoms with van der Waals surface area (Å²) in [5, 5.41) is 3.17. The summed E-state index contributed by atoms with van der Waals surface area (Å²) in [6, 6.07) is 4.10. The first-order valence-corrected chi connectivity index (χ1v) is 8.15. The molecule has 0 radical (unpaired) electrons. The van der Waals surface area contributed by atoms with Gasteiger partial charge in [0.25, 0.3) is 0 Å². The van der Waals surface area contributed by atoms with Gasteiger partial charge in [-0.1, -0.05) is 25.3 Å². The fourth-order valence-corrected chi connectivity index (χ4v) is 3.47. The lowest BCUT2D eigenvalue weighted by Crippen LogP contribution is -2.46. The number of nitrogens with one attached hydrogen (secondary N) is 1. The third kappa shape index (κ3) is 3.13. The number of fused-ring (bicyclic) bond motifs is 1. The van der Waals surface area contributed by atoms with E-state index in [0.29, 0.717) is 13.1 Å². The molecule has 0 bridgehead atoms. The number of amides is 2. The molecule has 5 nitrogen and oxygen atoms in total. The highest BCUT2D eigenvalue weighted by atomic mass is 16.2. The van der Waals surface area contributed by atoms with E-state index in [4.69, 9.17) is 0 Å². The first kappa shape index (κ1) is 15.0. The van der Waals surface area contributed by atoms with E-state index in [1.54, 1.807) is 18.0 Å². The van der Waals surface area contributed by atoms with Gasteiger partial charge in [-0.15, -0.1) is 0 Å². The maximum absolute atomic E-state index is 12.7. The second-order valence-electron chi connectivity index (χ2n) is 6.34. The Labute approximate surface area is 131 Å². The molecule has 1 aliphatic heterocycles. The molecule has 1 aliphatic carbocycles. The number of hydrogen-bond donors (Lipinski definition) is 1. The molecular weight excluding hydrogens is 278 g/mol. The lowest BCUT2D eigenvalue weighted by Gasteiger charge is -2.33. The number of pyridine rings is 1. The van der Waals surface area contributed by atoms with Crippen LogP contribution in [0.3, 0.4) is 0 Å². The van der Waals surface area contributed by atoms with Crippen molar-refractivity contribution in [3.63, 3.8) is 0 Å². The Morgan fingerprint density at radius 3 is 2.77 bits per heavy atom. The Hall–Kier alpha value is -1.91. The molecule has 1 aromatic heterocycles. The minimum Gasteiger partial charge on any atom is -0.353 e. The summed E-state index contributed by atoms with van der Waals surface area (Å²) in [6.07, 6.45) is 7.48. The Morgan fingerprint density at radius 1 is 1.27 bits per heavy atom. The van der Waals surface area contributed by atoms with Crippen LogP contribution in [0.5, 0.6) is 0 Å². The summed E-state index contributed by atoms with van der Waals surface area (Å²) in [4.78, 5) is 30.6. The van der Waals surface area contributed by atoms with Gasteiger partial charge in [0.1, 0.15) is 0 Å². The Bertz CT molecular complexity index is 567. The van der Waals surface area contributed by atoms with Crippen LogP contribution in [0.2, 0.25) is 0 Å². The molecule has 2 aliphatic rings. The Morgan fingerprint density at radius 2 is 2.05 bits per heavy atom. The number of carbonyl (C=O) groups is 2. The Kier molecular flexibility index (Phi) is 4.41. The molecule has 0 aromatic carbocycles. The highest BCUT2D eigenvalue weighted by Gasteiger charge is 2.33. The summed E-state index contributed by atoms with van der Waals surface area (Å²) in [5.74, 6) is -0.335. The molecule has 0 spiro atoms. The molecule has 1 unspecified atom stereocenters. The van der Waals surface area contributed by atoms with Crippen molar-refractivity contribution in [2.24, 2.45) is 0 Å². The van der Waals surface area contributed by atoms with Gasteiger partial charge >= 0.3 is 0 Å². The van der Waals surface area contributed by atoms with Crippen LogP contribution < -0.4 is 5.32 Å². The molecule has 0 saturated heterocycles. The largest absolute Gasteiger partial charge is 0.353 e. The predicted molar refractivity (Wildman–Crippen MR) is 83.1 cm³/mol. The van der Waals surface area contributed by atoms with Gasteiger partial charge in [0.15, 0.2) is 0 Å². The second kappa shape index (κ2) is 6.46. The lowest BCUT2D eigenvalue weighted by molar-refractivity contribution is -0.131. The molecule has 1 N–H and O–H groups in total.